The van der Waals surface area contributed by atoms with Gasteiger partial charge in [0.25, 0.3) is 5.91 Å². The first-order chi connectivity index (χ1) is 15.4. The van der Waals surface area contributed by atoms with Crippen molar-refractivity contribution in [1.29, 1.82) is 0 Å². The molecule has 0 aliphatic heterocycles. The number of ether oxygens (including phenoxy) is 3. The molecule has 0 aliphatic carbocycles. The zero-order valence-corrected chi connectivity index (χ0v) is 21.9. The first-order valence-electron chi connectivity index (χ1n) is 11.4. The van der Waals surface area contributed by atoms with Crippen LogP contribution in [0.3, 0.4) is 0 Å². The Morgan fingerprint density at radius 3 is 1.88 bits per heavy atom. The van der Waals surface area contributed by atoms with E-state index in [1.807, 2.05) is 53.7 Å². The SMILES string of the molecule is CC(C)(C)OC(=O)Oc1c(C(C)(C)C)cc(CCC(=O)OCCNC(=O)C=O)cc1C(C)(C)C. The van der Waals surface area contributed by atoms with E-state index in [1.165, 1.54) is 0 Å². The third kappa shape index (κ3) is 9.93. The highest BCUT2D eigenvalue weighted by atomic mass is 16.7. The summed E-state index contributed by atoms with van der Waals surface area (Å²) >= 11 is 0. The Kier molecular flexibility index (Phi) is 9.84. The first kappa shape index (κ1) is 29.1. The maximum absolute atomic E-state index is 12.5. The van der Waals surface area contributed by atoms with Crippen molar-refractivity contribution >= 4 is 24.3 Å². The highest BCUT2D eigenvalue weighted by Gasteiger charge is 2.30. The maximum atomic E-state index is 12.5. The molecule has 0 saturated heterocycles. The topological polar surface area (TPSA) is 108 Å². The molecule has 0 saturated carbocycles. The van der Waals surface area contributed by atoms with Crippen molar-refractivity contribution in [3.8, 4) is 5.75 Å². The molecular formula is C26H39NO7. The fraction of sp³-hybridized carbons (Fsp3) is 0.615. The lowest BCUT2D eigenvalue weighted by Gasteiger charge is -2.30. The minimum absolute atomic E-state index is 0.0123. The van der Waals surface area contributed by atoms with Crippen LogP contribution in [0.25, 0.3) is 0 Å². The second-order valence-electron chi connectivity index (χ2n) is 11.2. The molecule has 0 heterocycles. The Morgan fingerprint density at radius 1 is 0.912 bits per heavy atom. The number of esters is 1. The van der Waals surface area contributed by atoms with Gasteiger partial charge in [0.2, 0.25) is 6.29 Å². The van der Waals surface area contributed by atoms with Crippen LogP contribution in [-0.4, -0.2) is 43.1 Å². The maximum Gasteiger partial charge on any atom is 0.514 e. The summed E-state index contributed by atoms with van der Waals surface area (Å²) in [6.07, 6.45) is -0.0293. The van der Waals surface area contributed by atoms with E-state index < -0.39 is 23.6 Å². The number of benzene rings is 1. The van der Waals surface area contributed by atoms with Crippen molar-refractivity contribution in [1.82, 2.24) is 5.32 Å². The average Bonchev–Trinajstić information content (AvgIpc) is 2.66. The molecule has 8 heteroatoms. The van der Waals surface area contributed by atoms with E-state index >= 15 is 0 Å². The van der Waals surface area contributed by atoms with E-state index in [2.05, 4.69) is 5.32 Å². The number of carbonyl (C=O) groups excluding carboxylic acids is 4. The lowest BCUT2D eigenvalue weighted by Crippen LogP contribution is -2.28. The Labute approximate surface area is 202 Å². The predicted molar refractivity (Wildman–Crippen MR) is 129 cm³/mol. The lowest BCUT2D eigenvalue weighted by molar-refractivity contribution is -0.143. The molecule has 190 valence electrons. The van der Waals surface area contributed by atoms with Gasteiger partial charge in [-0.2, -0.15) is 0 Å². The highest BCUT2D eigenvalue weighted by molar-refractivity contribution is 6.23. The van der Waals surface area contributed by atoms with Gasteiger partial charge < -0.3 is 19.5 Å². The smallest absolute Gasteiger partial charge is 0.464 e. The molecule has 0 spiro atoms. The van der Waals surface area contributed by atoms with E-state index in [4.69, 9.17) is 14.2 Å². The number of amides is 1. The number of rotatable bonds is 8. The van der Waals surface area contributed by atoms with Gasteiger partial charge in [0.15, 0.2) is 0 Å². The molecule has 0 fully saturated rings. The van der Waals surface area contributed by atoms with Crippen LogP contribution in [0.4, 0.5) is 4.79 Å². The molecule has 0 unspecified atom stereocenters. The summed E-state index contributed by atoms with van der Waals surface area (Å²) in [7, 11) is 0. The minimum Gasteiger partial charge on any atom is -0.464 e. The van der Waals surface area contributed by atoms with Crippen LogP contribution in [0.2, 0.25) is 0 Å². The van der Waals surface area contributed by atoms with Crippen LogP contribution in [0.5, 0.6) is 5.75 Å². The quantitative estimate of drug-likeness (QED) is 0.194. The molecule has 1 aromatic rings. The number of hydrogen-bond acceptors (Lipinski definition) is 7. The molecule has 0 aromatic heterocycles. The van der Waals surface area contributed by atoms with E-state index in [9.17, 15) is 19.2 Å². The van der Waals surface area contributed by atoms with Crippen molar-refractivity contribution < 1.29 is 33.4 Å². The Hall–Kier alpha value is -2.90. The van der Waals surface area contributed by atoms with E-state index in [0.29, 0.717) is 12.2 Å². The molecule has 1 amide bonds. The van der Waals surface area contributed by atoms with E-state index in [-0.39, 0.29) is 36.7 Å². The zero-order valence-electron chi connectivity index (χ0n) is 21.9. The molecule has 1 N–H and O–H groups in total. The van der Waals surface area contributed by atoms with Gasteiger partial charge in [-0.15, -0.1) is 0 Å². The van der Waals surface area contributed by atoms with Crippen molar-refractivity contribution in [2.24, 2.45) is 0 Å². The summed E-state index contributed by atoms with van der Waals surface area (Å²) in [6, 6.07) is 3.90. The predicted octanol–water partition coefficient (Wildman–Crippen LogP) is 4.39. The van der Waals surface area contributed by atoms with Crippen LogP contribution < -0.4 is 10.1 Å². The summed E-state index contributed by atoms with van der Waals surface area (Å²) in [6.45, 7) is 17.6. The fourth-order valence-corrected chi connectivity index (χ4v) is 3.11. The van der Waals surface area contributed by atoms with Gasteiger partial charge in [-0.25, -0.2) is 4.79 Å². The molecule has 0 atom stereocenters. The van der Waals surface area contributed by atoms with Gasteiger partial charge in [-0.1, -0.05) is 53.7 Å². The van der Waals surface area contributed by atoms with Gasteiger partial charge >= 0.3 is 12.1 Å². The number of carbonyl (C=O) groups is 4. The Morgan fingerprint density at radius 2 is 1.44 bits per heavy atom. The van der Waals surface area contributed by atoms with Crippen molar-refractivity contribution in [3.05, 3.63) is 28.8 Å². The number of hydrogen-bond donors (Lipinski definition) is 1. The van der Waals surface area contributed by atoms with Gasteiger partial charge in [0.1, 0.15) is 18.0 Å². The Balaban J connectivity index is 3.14. The highest BCUT2D eigenvalue weighted by Crippen LogP contribution is 2.41. The molecule has 1 aromatic carbocycles. The average molecular weight is 478 g/mol. The molecular weight excluding hydrogens is 438 g/mol. The van der Waals surface area contributed by atoms with Crippen molar-refractivity contribution in [2.45, 2.75) is 91.6 Å². The van der Waals surface area contributed by atoms with Crippen molar-refractivity contribution in [3.63, 3.8) is 0 Å². The standard InChI is InChI=1S/C26H39NO7/c1-24(2,3)18-14-17(10-11-21(30)32-13-12-27-20(29)16-28)15-19(25(4,5)6)22(18)33-23(31)34-26(7,8)9/h14-16H,10-13H2,1-9H3,(H,27,29). The van der Waals surface area contributed by atoms with E-state index in [0.717, 1.165) is 16.7 Å². The van der Waals surface area contributed by atoms with Crippen LogP contribution in [-0.2, 0) is 41.1 Å². The third-order valence-electron chi connectivity index (χ3n) is 4.73. The molecule has 0 aliphatic rings. The number of aldehydes is 1. The van der Waals surface area contributed by atoms with Crippen molar-refractivity contribution in [2.75, 3.05) is 13.2 Å². The summed E-state index contributed by atoms with van der Waals surface area (Å²) in [5, 5.41) is 2.31. The number of nitrogens with one attached hydrogen (secondary N) is 1. The summed E-state index contributed by atoms with van der Waals surface area (Å²) in [5.41, 5.74) is 1.22. The Bertz CT molecular complexity index is 864. The molecule has 34 heavy (non-hydrogen) atoms. The molecule has 0 bridgehead atoms. The number of aryl methyl sites for hydroxylation is 1. The van der Waals surface area contributed by atoms with Gasteiger partial charge in [-0.05, 0) is 43.6 Å². The molecule has 1 rings (SSSR count). The minimum atomic E-state index is -0.763. The zero-order chi connectivity index (χ0) is 26.3. The van der Waals surface area contributed by atoms with E-state index in [1.54, 1.807) is 20.8 Å². The molecule has 8 nitrogen and oxygen atoms in total. The second kappa shape index (κ2) is 11.5. The van der Waals surface area contributed by atoms with Crippen LogP contribution in [0, 0.1) is 0 Å². The largest absolute Gasteiger partial charge is 0.514 e. The second-order valence-corrected chi connectivity index (χ2v) is 11.2. The summed E-state index contributed by atoms with van der Waals surface area (Å²) < 4.78 is 16.3. The summed E-state index contributed by atoms with van der Waals surface area (Å²) in [5.74, 6) is -0.690. The van der Waals surface area contributed by atoms with Crippen LogP contribution in [0.1, 0.15) is 85.4 Å². The normalized spacial score (nSPS) is 12.0. The molecule has 0 radical (unpaired) electrons. The van der Waals surface area contributed by atoms with Gasteiger partial charge in [0, 0.05) is 17.5 Å². The summed E-state index contributed by atoms with van der Waals surface area (Å²) in [4.78, 5) is 45.8. The van der Waals surface area contributed by atoms with Gasteiger partial charge in [0.05, 0.1) is 6.54 Å². The monoisotopic (exact) mass is 477 g/mol. The third-order valence-corrected chi connectivity index (χ3v) is 4.73. The lowest BCUT2D eigenvalue weighted by atomic mass is 9.78. The fourth-order valence-electron chi connectivity index (χ4n) is 3.11. The van der Waals surface area contributed by atoms with Crippen LogP contribution in [0.15, 0.2) is 12.1 Å². The first-order valence-corrected chi connectivity index (χ1v) is 11.4. The van der Waals surface area contributed by atoms with Gasteiger partial charge in [-0.3, -0.25) is 14.4 Å². The van der Waals surface area contributed by atoms with Crippen LogP contribution >= 0.6 is 0 Å².